The minimum absolute atomic E-state index is 0.174. The van der Waals surface area contributed by atoms with Crippen LogP contribution < -0.4 is 11.5 Å². The predicted molar refractivity (Wildman–Crippen MR) is 132 cm³/mol. The third-order valence-electron chi connectivity index (χ3n) is 5.83. The van der Waals surface area contributed by atoms with Crippen LogP contribution in [0.25, 0.3) is 22.2 Å². The van der Waals surface area contributed by atoms with E-state index < -0.39 is 12.3 Å². The minimum atomic E-state index is -0.628. The van der Waals surface area contributed by atoms with Crippen LogP contribution in [0.1, 0.15) is 29.3 Å². The highest BCUT2D eigenvalue weighted by atomic mass is 35.5. The standard InChI is InChI=1S/C25H28ClN5O3/c1-2-10-34-25(33)31-9-8-30(15-23(31)28)24(32)18-6-7-19-20(26)13-21(29-22(19)12-18)17-5-3-4-16(11-17)14-27/h3-7,11-13,23H,2,8-10,14-15,27-28H2,1H3/t23-/m0/s1. The molecule has 0 radical (unpaired) electrons. The van der Waals surface area contributed by atoms with E-state index in [2.05, 4.69) is 0 Å². The van der Waals surface area contributed by atoms with Gasteiger partial charge in [-0.05, 0) is 36.2 Å². The zero-order chi connectivity index (χ0) is 24.2. The van der Waals surface area contributed by atoms with Gasteiger partial charge in [0.25, 0.3) is 5.91 Å². The first-order chi connectivity index (χ1) is 16.4. The van der Waals surface area contributed by atoms with E-state index in [0.29, 0.717) is 48.0 Å². The summed E-state index contributed by atoms with van der Waals surface area (Å²) in [6.07, 6.45) is -0.340. The van der Waals surface area contributed by atoms with Crippen molar-refractivity contribution in [2.75, 3.05) is 26.2 Å². The Labute approximate surface area is 203 Å². The van der Waals surface area contributed by atoms with Gasteiger partial charge in [-0.1, -0.05) is 42.8 Å². The van der Waals surface area contributed by atoms with Crippen LogP contribution in [0.2, 0.25) is 5.02 Å². The molecule has 4 rings (SSSR count). The maximum absolute atomic E-state index is 13.2. The summed E-state index contributed by atoms with van der Waals surface area (Å²) in [5.41, 5.74) is 15.7. The van der Waals surface area contributed by atoms with Gasteiger partial charge in [0, 0.05) is 36.1 Å². The first kappa shape index (κ1) is 23.9. The lowest BCUT2D eigenvalue weighted by Crippen LogP contribution is -2.60. The van der Waals surface area contributed by atoms with Crippen molar-refractivity contribution < 1.29 is 14.3 Å². The highest BCUT2D eigenvalue weighted by Gasteiger charge is 2.31. The number of carbonyl (C=O) groups is 2. The van der Waals surface area contributed by atoms with Crippen LogP contribution in [0.5, 0.6) is 0 Å². The predicted octanol–water partition coefficient (Wildman–Crippen LogP) is 3.60. The molecule has 3 aromatic rings. The first-order valence-corrected chi connectivity index (χ1v) is 11.7. The van der Waals surface area contributed by atoms with Crippen LogP contribution in [0.15, 0.2) is 48.5 Å². The van der Waals surface area contributed by atoms with Gasteiger partial charge < -0.3 is 21.1 Å². The van der Waals surface area contributed by atoms with Crippen molar-refractivity contribution >= 4 is 34.5 Å². The van der Waals surface area contributed by atoms with E-state index in [1.807, 2.05) is 37.3 Å². The average Bonchev–Trinajstić information content (AvgIpc) is 2.86. The normalized spacial score (nSPS) is 16.1. The molecule has 178 valence electrons. The van der Waals surface area contributed by atoms with Crippen LogP contribution in [0.4, 0.5) is 4.79 Å². The molecule has 2 amide bonds. The van der Waals surface area contributed by atoms with Crippen LogP contribution in [-0.4, -0.2) is 59.2 Å². The molecule has 1 aliphatic rings. The number of piperazine rings is 1. The molecular formula is C25H28ClN5O3. The van der Waals surface area contributed by atoms with E-state index in [1.54, 1.807) is 23.1 Å². The quantitative estimate of drug-likeness (QED) is 0.575. The van der Waals surface area contributed by atoms with Gasteiger partial charge in [0.05, 0.1) is 29.4 Å². The number of nitrogens with two attached hydrogens (primary N) is 2. The fraction of sp³-hybridized carbons (Fsp3) is 0.320. The molecule has 1 aliphatic heterocycles. The van der Waals surface area contributed by atoms with Gasteiger partial charge in [0.15, 0.2) is 0 Å². The van der Waals surface area contributed by atoms with Crippen molar-refractivity contribution in [1.82, 2.24) is 14.8 Å². The lowest BCUT2D eigenvalue weighted by atomic mass is 10.0. The van der Waals surface area contributed by atoms with Gasteiger partial charge in [-0.2, -0.15) is 0 Å². The maximum Gasteiger partial charge on any atom is 0.411 e. The van der Waals surface area contributed by atoms with Gasteiger partial charge in [-0.3, -0.25) is 9.69 Å². The highest BCUT2D eigenvalue weighted by Crippen LogP contribution is 2.29. The van der Waals surface area contributed by atoms with Gasteiger partial charge >= 0.3 is 6.09 Å². The number of rotatable bonds is 5. The Hall–Kier alpha value is -3.20. The van der Waals surface area contributed by atoms with Gasteiger partial charge in [0.2, 0.25) is 0 Å². The molecule has 1 aromatic heterocycles. The second-order valence-corrected chi connectivity index (χ2v) is 8.66. The van der Waals surface area contributed by atoms with E-state index in [0.717, 1.165) is 22.9 Å². The number of hydrogen-bond acceptors (Lipinski definition) is 6. The van der Waals surface area contributed by atoms with E-state index in [4.69, 9.17) is 32.8 Å². The lowest BCUT2D eigenvalue weighted by molar-refractivity contribution is 0.0390. The van der Waals surface area contributed by atoms with Crippen LogP contribution in [-0.2, 0) is 11.3 Å². The largest absolute Gasteiger partial charge is 0.449 e. The van der Waals surface area contributed by atoms with Crippen LogP contribution in [0, 0.1) is 0 Å². The van der Waals surface area contributed by atoms with E-state index in [1.165, 1.54) is 4.90 Å². The Kier molecular flexibility index (Phi) is 7.31. The van der Waals surface area contributed by atoms with Gasteiger partial charge in [-0.25, -0.2) is 9.78 Å². The summed E-state index contributed by atoms with van der Waals surface area (Å²) >= 11 is 6.54. The zero-order valence-corrected chi connectivity index (χ0v) is 19.8. The molecule has 9 heteroatoms. The number of benzene rings is 2. The topological polar surface area (TPSA) is 115 Å². The Morgan fingerprint density at radius 2 is 2.00 bits per heavy atom. The second-order valence-electron chi connectivity index (χ2n) is 8.25. The average molecular weight is 482 g/mol. The number of carbonyl (C=O) groups excluding carboxylic acids is 2. The molecule has 0 bridgehead atoms. The molecular weight excluding hydrogens is 454 g/mol. The van der Waals surface area contributed by atoms with Crippen molar-refractivity contribution in [3.63, 3.8) is 0 Å². The summed E-state index contributed by atoms with van der Waals surface area (Å²) in [5, 5.41) is 1.32. The maximum atomic E-state index is 13.2. The molecule has 0 saturated carbocycles. The summed E-state index contributed by atoms with van der Waals surface area (Å²) in [4.78, 5) is 33.3. The summed E-state index contributed by atoms with van der Waals surface area (Å²) in [6, 6.07) is 14.9. The third-order valence-corrected chi connectivity index (χ3v) is 6.15. The summed E-state index contributed by atoms with van der Waals surface area (Å²) < 4.78 is 5.18. The SMILES string of the molecule is CCCOC(=O)N1CCN(C(=O)c2ccc3c(Cl)cc(-c4cccc(CN)c4)nc3c2)C[C@H]1N. The van der Waals surface area contributed by atoms with E-state index in [9.17, 15) is 9.59 Å². The number of halogens is 1. The molecule has 8 nitrogen and oxygen atoms in total. The lowest BCUT2D eigenvalue weighted by Gasteiger charge is -2.38. The third kappa shape index (κ3) is 4.99. The molecule has 0 spiro atoms. The number of ether oxygens (including phenoxy) is 1. The Morgan fingerprint density at radius 1 is 1.18 bits per heavy atom. The Morgan fingerprint density at radius 3 is 2.74 bits per heavy atom. The molecule has 2 aromatic carbocycles. The van der Waals surface area contributed by atoms with E-state index in [-0.39, 0.29) is 12.5 Å². The Balaban J connectivity index is 1.56. The van der Waals surface area contributed by atoms with E-state index >= 15 is 0 Å². The molecule has 1 saturated heterocycles. The number of pyridine rings is 1. The summed E-state index contributed by atoms with van der Waals surface area (Å²) in [6.45, 7) is 3.60. The molecule has 2 heterocycles. The van der Waals surface area contributed by atoms with Crippen LogP contribution >= 0.6 is 11.6 Å². The van der Waals surface area contributed by atoms with Crippen molar-refractivity contribution in [3.8, 4) is 11.3 Å². The molecule has 0 aliphatic carbocycles. The fourth-order valence-corrected chi connectivity index (χ4v) is 4.26. The molecule has 0 unspecified atom stereocenters. The number of fused-ring (bicyclic) bond motifs is 1. The van der Waals surface area contributed by atoms with Crippen molar-refractivity contribution in [2.24, 2.45) is 11.5 Å². The zero-order valence-electron chi connectivity index (χ0n) is 19.0. The van der Waals surface area contributed by atoms with Crippen LogP contribution in [0.3, 0.4) is 0 Å². The van der Waals surface area contributed by atoms with Crippen molar-refractivity contribution in [2.45, 2.75) is 26.1 Å². The summed E-state index contributed by atoms with van der Waals surface area (Å²) in [5.74, 6) is -0.174. The molecule has 4 N–H and O–H groups in total. The fourth-order valence-electron chi connectivity index (χ4n) is 4.00. The molecule has 1 atom stereocenters. The van der Waals surface area contributed by atoms with Crippen molar-refractivity contribution in [1.29, 1.82) is 0 Å². The Bertz CT molecular complexity index is 1220. The molecule has 34 heavy (non-hydrogen) atoms. The highest BCUT2D eigenvalue weighted by molar-refractivity contribution is 6.35. The molecule has 1 fully saturated rings. The number of nitrogens with zero attached hydrogens (tertiary/aromatic N) is 3. The first-order valence-electron chi connectivity index (χ1n) is 11.3. The summed E-state index contributed by atoms with van der Waals surface area (Å²) in [7, 11) is 0. The number of hydrogen-bond donors (Lipinski definition) is 2. The van der Waals surface area contributed by atoms with Gasteiger partial charge in [-0.15, -0.1) is 0 Å². The second kappa shape index (κ2) is 10.4. The van der Waals surface area contributed by atoms with Gasteiger partial charge in [0.1, 0.15) is 6.17 Å². The minimum Gasteiger partial charge on any atom is -0.449 e. The number of amides is 2. The number of aromatic nitrogens is 1. The van der Waals surface area contributed by atoms with Crippen molar-refractivity contribution in [3.05, 3.63) is 64.7 Å². The smallest absolute Gasteiger partial charge is 0.411 e. The monoisotopic (exact) mass is 481 g/mol.